The normalized spacial score (nSPS) is 11.6. The molecular formula is C15H11F2N5OS. The van der Waals surface area contributed by atoms with E-state index in [-0.39, 0.29) is 11.6 Å². The fourth-order valence-electron chi connectivity index (χ4n) is 2.38. The lowest BCUT2D eigenvalue weighted by Gasteiger charge is -2.06. The molecule has 1 N–H and O–H groups in total. The maximum atomic E-state index is 13.4. The standard InChI is InChI=1S/C15H11F2N5OS/c16-14(17)22-11-6-2-1-4-9(11)19-12(22)8-24-15-21-20-13(23-15)10-5-3-7-18-10/h1-7,14,18H,8H2. The fraction of sp³-hybridized carbons (Fsp3) is 0.133. The Labute approximate surface area is 138 Å². The number of nitrogens with one attached hydrogen (secondary N) is 1. The summed E-state index contributed by atoms with van der Waals surface area (Å²) in [5.41, 5.74) is 1.64. The molecule has 6 nitrogen and oxygen atoms in total. The zero-order valence-electron chi connectivity index (χ0n) is 12.2. The first-order valence-corrected chi connectivity index (χ1v) is 8.05. The van der Waals surface area contributed by atoms with Crippen LogP contribution in [0, 0.1) is 0 Å². The summed E-state index contributed by atoms with van der Waals surface area (Å²) in [6.07, 6.45) is 1.75. The van der Waals surface area contributed by atoms with Crippen LogP contribution in [0.5, 0.6) is 0 Å². The summed E-state index contributed by atoms with van der Waals surface area (Å²) in [5, 5.41) is 8.14. The number of thioether (sulfide) groups is 1. The fourth-order valence-corrected chi connectivity index (χ4v) is 3.07. The number of para-hydroxylation sites is 2. The number of hydrogen-bond donors (Lipinski definition) is 1. The van der Waals surface area contributed by atoms with Crippen LogP contribution in [0.2, 0.25) is 0 Å². The number of nitrogens with zero attached hydrogens (tertiary/aromatic N) is 4. The zero-order valence-corrected chi connectivity index (χ0v) is 13.0. The summed E-state index contributed by atoms with van der Waals surface area (Å²) in [6, 6.07) is 10.4. The minimum atomic E-state index is -2.66. The van der Waals surface area contributed by atoms with E-state index in [0.717, 1.165) is 4.57 Å². The molecule has 0 saturated carbocycles. The van der Waals surface area contributed by atoms with E-state index in [1.165, 1.54) is 11.8 Å². The molecule has 24 heavy (non-hydrogen) atoms. The average molecular weight is 347 g/mol. The first kappa shape index (κ1) is 14.9. The summed E-state index contributed by atoms with van der Waals surface area (Å²) in [6.45, 7) is -2.66. The molecule has 0 aliphatic rings. The molecule has 0 spiro atoms. The molecular weight excluding hydrogens is 336 g/mol. The van der Waals surface area contributed by atoms with Crippen molar-refractivity contribution in [1.29, 1.82) is 0 Å². The largest absolute Gasteiger partial charge is 0.410 e. The lowest BCUT2D eigenvalue weighted by atomic mass is 10.3. The van der Waals surface area contributed by atoms with Gasteiger partial charge >= 0.3 is 6.55 Å². The second-order valence-electron chi connectivity index (χ2n) is 4.91. The van der Waals surface area contributed by atoms with Gasteiger partial charge in [-0.25, -0.2) is 4.98 Å². The van der Waals surface area contributed by atoms with E-state index in [2.05, 4.69) is 20.2 Å². The van der Waals surface area contributed by atoms with Crippen LogP contribution in [0.4, 0.5) is 8.78 Å². The van der Waals surface area contributed by atoms with Crippen molar-refractivity contribution >= 4 is 22.8 Å². The van der Waals surface area contributed by atoms with E-state index in [1.54, 1.807) is 36.5 Å². The molecule has 9 heteroatoms. The van der Waals surface area contributed by atoms with Gasteiger partial charge in [-0.1, -0.05) is 23.9 Å². The highest BCUT2D eigenvalue weighted by molar-refractivity contribution is 7.98. The molecule has 1 aromatic carbocycles. The van der Waals surface area contributed by atoms with Gasteiger partial charge < -0.3 is 9.40 Å². The molecule has 0 unspecified atom stereocenters. The Kier molecular flexibility index (Phi) is 3.77. The lowest BCUT2D eigenvalue weighted by Crippen LogP contribution is -2.03. The Bertz CT molecular complexity index is 963. The quantitative estimate of drug-likeness (QED) is 0.550. The first-order valence-electron chi connectivity index (χ1n) is 7.06. The third-order valence-corrected chi connectivity index (χ3v) is 4.24. The highest BCUT2D eigenvalue weighted by atomic mass is 32.2. The Morgan fingerprint density at radius 1 is 1.17 bits per heavy atom. The minimum absolute atomic E-state index is 0.200. The first-order chi connectivity index (χ1) is 11.7. The van der Waals surface area contributed by atoms with Crippen LogP contribution in [0.1, 0.15) is 12.4 Å². The molecule has 0 fully saturated rings. The maximum absolute atomic E-state index is 13.4. The molecule has 4 aromatic rings. The third-order valence-electron chi connectivity index (χ3n) is 3.42. The molecule has 3 heterocycles. The van der Waals surface area contributed by atoms with Gasteiger partial charge in [0.05, 0.1) is 16.8 Å². The number of imidazole rings is 1. The summed E-state index contributed by atoms with van der Waals surface area (Å²) in [4.78, 5) is 7.23. The Morgan fingerprint density at radius 2 is 2.04 bits per heavy atom. The van der Waals surface area contributed by atoms with Gasteiger partial charge in [0.1, 0.15) is 11.5 Å². The molecule has 0 bridgehead atoms. The van der Waals surface area contributed by atoms with Crippen molar-refractivity contribution in [3.05, 3.63) is 48.4 Å². The van der Waals surface area contributed by atoms with E-state index in [1.807, 2.05) is 6.07 Å². The molecule has 0 saturated heterocycles. The van der Waals surface area contributed by atoms with Crippen LogP contribution in [0.3, 0.4) is 0 Å². The molecule has 0 aliphatic carbocycles. The van der Waals surface area contributed by atoms with Crippen molar-refractivity contribution in [2.45, 2.75) is 17.5 Å². The molecule has 122 valence electrons. The summed E-state index contributed by atoms with van der Waals surface area (Å²) < 4.78 is 33.2. The van der Waals surface area contributed by atoms with Crippen molar-refractivity contribution in [3.63, 3.8) is 0 Å². The number of benzene rings is 1. The Hall–Kier alpha value is -2.68. The number of H-pyrrole nitrogens is 1. The van der Waals surface area contributed by atoms with Crippen LogP contribution in [-0.4, -0.2) is 24.7 Å². The van der Waals surface area contributed by atoms with Gasteiger partial charge in [-0.2, -0.15) is 8.78 Å². The van der Waals surface area contributed by atoms with Crippen LogP contribution in [-0.2, 0) is 5.75 Å². The van der Waals surface area contributed by atoms with Crippen molar-refractivity contribution in [2.75, 3.05) is 0 Å². The van der Waals surface area contributed by atoms with Crippen molar-refractivity contribution < 1.29 is 13.2 Å². The highest BCUT2D eigenvalue weighted by Gasteiger charge is 2.18. The third kappa shape index (κ3) is 2.67. The van der Waals surface area contributed by atoms with Gasteiger partial charge in [0.15, 0.2) is 0 Å². The van der Waals surface area contributed by atoms with E-state index < -0.39 is 6.55 Å². The monoisotopic (exact) mass is 347 g/mol. The number of rotatable bonds is 5. The van der Waals surface area contributed by atoms with E-state index in [9.17, 15) is 8.78 Å². The smallest absolute Gasteiger partial charge is 0.320 e. The SMILES string of the molecule is FC(F)n1c(CSc2nnc(-c3ccc[nH]3)o2)nc2ccccc21. The van der Waals surface area contributed by atoms with Gasteiger partial charge in [-0.3, -0.25) is 4.57 Å². The predicted octanol–water partition coefficient (Wildman–Crippen LogP) is 4.10. The number of hydrogen-bond acceptors (Lipinski definition) is 5. The number of halogens is 2. The summed E-state index contributed by atoms with van der Waals surface area (Å²) in [5.74, 6) is 0.812. The number of aromatic amines is 1. The van der Waals surface area contributed by atoms with Crippen LogP contribution < -0.4 is 0 Å². The predicted molar refractivity (Wildman–Crippen MR) is 84.6 cm³/mol. The maximum Gasteiger partial charge on any atom is 0.320 e. The number of alkyl halides is 2. The van der Waals surface area contributed by atoms with Crippen molar-refractivity contribution in [1.82, 2.24) is 24.7 Å². The Morgan fingerprint density at radius 3 is 2.83 bits per heavy atom. The lowest BCUT2D eigenvalue weighted by molar-refractivity contribution is 0.0722. The molecule has 0 amide bonds. The van der Waals surface area contributed by atoms with Crippen LogP contribution in [0.15, 0.2) is 52.2 Å². The van der Waals surface area contributed by atoms with E-state index >= 15 is 0 Å². The average Bonchev–Trinajstić information content (AvgIpc) is 3.30. The number of aromatic nitrogens is 5. The van der Waals surface area contributed by atoms with Gasteiger partial charge in [0, 0.05) is 6.20 Å². The summed E-state index contributed by atoms with van der Waals surface area (Å²) in [7, 11) is 0. The number of fused-ring (bicyclic) bond motifs is 1. The minimum Gasteiger partial charge on any atom is -0.410 e. The molecule has 3 aromatic heterocycles. The zero-order chi connectivity index (χ0) is 16.5. The topological polar surface area (TPSA) is 72.5 Å². The Balaban J connectivity index is 1.58. The van der Waals surface area contributed by atoms with Crippen molar-refractivity contribution in [3.8, 4) is 11.6 Å². The van der Waals surface area contributed by atoms with E-state index in [0.29, 0.717) is 27.8 Å². The molecule has 0 radical (unpaired) electrons. The second kappa shape index (κ2) is 6.08. The highest BCUT2D eigenvalue weighted by Crippen LogP contribution is 2.29. The summed E-state index contributed by atoms with van der Waals surface area (Å²) >= 11 is 1.17. The van der Waals surface area contributed by atoms with Gasteiger partial charge in [0.2, 0.25) is 0 Å². The molecule has 0 atom stereocenters. The van der Waals surface area contributed by atoms with Gasteiger partial charge in [-0.05, 0) is 24.3 Å². The molecule has 4 rings (SSSR count). The van der Waals surface area contributed by atoms with Crippen LogP contribution in [0.25, 0.3) is 22.6 Å². The van der Waals surface area contributed by atoms with Gasteiger partial charge in [0.25, 0.3) is 11.1 Å². The van der Waals surface area contributed by atoms with Crippen molar-refractivity contribution in [2.24, 2.45) is 0 Å². The van der Waals surface area contributed by atoms with E-state index in [4.69, 9.17) is 4.42 Å². The second-order valence-corrected chi connectivity index (χ2v) is 5.84. The van der Waals surface area contributed by atoms with Gasteiger partial charge in [-0.15, -0.1) is 10.2 Å². The molecule has 0 aliphatic heterocycles. The van der Waals surface area contributed by atoms with Crippen LogP contribution >= 0.6 is 11.8 Å².